The van der Waals surface area contributed by atoms with Crippen LogP contribution in [-0.2, 0) is 33.1 Å². The molecule has 4 aromatic carbocycles. The second kappa shape index (κ2) is 31.9. The second-order valence-electron chi connectivity index (χ2n) is 16.2. The molecule has 0 saturated heterocycles. The van der Waals surface area contributed by atoms with Crippen molar-refractivity contribution >= 4 is 58.0 Å². The number of phenols is 1. The van der Waals surface area contributed by atoms with E-state index in [0.717, 1.165) is 49.9 Å². The first-order valence-corrected chi connectivity index (χ1v) is 25.8. The van der Waals surface area contributed by atoms with Gasteiger partial charge in [-0.05, 0) is 85.3 Å². The molecule has 0 aliphatic heterocycles. The van der Waals surface area contributed by atoms with Crippen LogP contribution in [0.4, 0.5) is 0 Å². The van der Waals surface area contributed by atoms with Crippen LogP contribution in [0.3, 0.4) is 0 Å². The summed E-state index contributed by atoms with van der Waals surface area (Å²) in [5.74, 6) is -0.0800. The molecule has 13 heteroatoms. The van der Waals surface area contributed by atoms with Crippen molar-refractivity contribution in [2.75, 3.05) is 0 Å². The van der Waals surface area contributed by atoms with Crippen LogP contribution in [0, 0.1) is 0 Å². The fraction of sp³-hybridized carbons (Fsp3) is 0.520. The smallest absolute Gasteiger partial charge is 0.872 e. The molecule has 344 valence electrons. The normalized spacial score (nSPS) is 11.4. The molecule has 0 fully saturated rings. The Bertz CT molecular complexity index is 1910. The van der Waals surface area contributed by atoms with E-state index in [2.05, 4.69) is 13.8 Å². The zero-order valence-electron chi connectivity index (χ0n) is 37.7. The molecule has 63 heavy (non-hydrogen) atoms. The van der Waals surface area contributed by atoms with Gasteiger partial charge in [0, 0.05) is 6.07 Å². The van der Waals surface area contributed by atoms with Gasteiger partial charge in [0.2, 0.25) is 0 Å². The summed E-state index contributed by atoms with van der Waals surface area (Å²) in [6.07, 6.45) is 30.9. The molecule has 0 radical (unpaired) electrons. The molecular weight excluding hydrogens is 865 g/mol. The maximum Gasteiger partial charge on any atom is 2.00 e. The predicted molar refractivity (Wildman–Crippen MR) is 251 cm³/mol. The van der Waals surface area contributed by atoms with Crippen molar-refractivity contribution in [3.8, 4) is 34.5 Å². The molecular formula is C50H70CaO10S2. The van der Waals surface area contributed by atoms with Crippen molar-refractivity contribution in [1.29, 1.82) is 0 Å². The predicted octanol–water partition coefficient (Wildman–Crippen LogP) is 13.2. The SMILES string of the molecule is CCCCCCCCCCCCCc1ccc(Oc2cc(O)ccc2S(=O)(=O)O)cc1.CCCCCCCCCCCCCc1ccc(Oc2cc([O-])ccc2S(=O)(=O)[O-])cc1.[Ca+2]. The van der Waals surface area contributed by atoms with Crippen LogP contribution in [0.15, 0.2) is 94.7 Å². The van der Waals surface area contributed by atoms with E-state index in [1.54, 1.807) is 24.3 Å². The number of rotatable bonds is 30. The summed E-state index contributed by atoms with van der Waals surface area (Å²) in [4.78, 5) is -0.910. The number of hydrogen-bond acceptors (Lipinski definition) is 9. The van der Waals surface area contributed by atoms with Gasteiger partial charge in [0.25, 0.3) is 10.1 Å². The van der Waals surface area contributed by atoms with E-state index in [9.17, 15) is 36.2 Å². The van der Waals surface area contributed by atoms with E-state index >= 15 is 0 Å². The third-order valence-corrected chi connectivity index (χ3v) is 12.6. The van der Waals surface area contributed by atoms with Gasteiger partial charge in [-0.2, -0.15) is 8.42 Å². The first-order chi connectivity index (χ1) is 29.8. The standard InChI is InChI=1S/2C25H36O5S.Ca/c2*1-2-3-4-5-6-7-8-9-10-11-12-13-21-14-17-23(18-15-21)30-24-20-22(26)16-19-25(24)31(27,28)29;/h2*14-20,26H,2-13H2,1H3,(H,27,28,29);/q;;+2/p-2. The molecule has 0 saturated carbocycles. The Morgan fingerprint density at radius 2 is 0.825 bits per heavy atom. The number of aryl methyl sites for hydroxylation is 2. The van der Waals surface area contributed by atoms with Gasteiger partial charge in [-0.1, -0.05) is 173 Å². The molecule has 0 unspecified atom stereocenters. The molecule has 4 aromatic rings. The fourth-order valence-corrected chi connectivity index (χ4v) is 8.43. The molecule has 0 aliphatic carbocycles. The molecule has 0 bridgehead atoms. The van der Waals surface area contributed by atoms with Crippen LogP contribution in [0.1, 0.15) is 166 Å². The molecule has 0 atom stereocenters. The summed E-state index contributed by atoms with van der Waals surface area (Å²) in [6, 6.07) is 21.3. The quantitative estimate of drug-likeness (QED) is 0.0291. The van der Waals surface area contributed by atoms with Crippen molar-refractivity contribution in [2.24, 2.45) is 0 Å². The largest absolute Gasteiger partial charge is 2.00 e. The molecule has 0 spiro atoms. The molecule has 4 rings (SSSR count). The minimum Gasteiger partial charge on any atom is -0.872 e. The number of ether oxygens (including phenoxy) is 2. The van der Waals surface area contributed by atoms with E-state index in [-0.39, 0.29) is 59.9 Å². The van der Waals surface area contributed by atoms with Gasteiger partial charge >= 0.3 is 37.7 Å². The second-order valence-corrected chi connectivity index (χ2v) is 19.0. The van der Waals surface area contributed by atoms with Crippen LogP contribution in [-0.4, -0.2) is 68.8 Å². The Hall–Kier alpha value is -2.84. The monoisotopic (exact) mass is 934 g/mol. The third-order valence-electron chi connectivity index (χ3n) is 10.8. The van der Waals surface area contributed by atoms with E-state index in [0.29, 0.717) is 11.5 Å². The first-order valence-electron chi connectivity index (χ1n) is 22.9. The average molecular weight is 935 g/mol. The Labute approximate surface area is 408 Å². The molecule has 0 heterocycles. The summed E-state index contributed by atoms with van der Waals surface area (Å²) < 4.78 is 77.5. The maximum absolute atomic E-state index is 11.5. The van der Waals surface area contributed by atoms with Crippen LogP contribution >= 0.6 is 0 Å². The van der Waals surface area contributed by atoms with E-state index < -0.39 is 30.9 Å². The fourth-order valence-electron chi connectivity index (χ4n) is 7.25. The van der Waals surface area contributed by atoms with Gasteiger partial charge < -0.3 is 24.2 Å². The molecule has 0 aromatic heterocycles. The summed E-state index contributed by atoms with van der Waals surface area (Å²) in [7, 11) is -9.17. The van der Waals surface area contributed by atoms with Gasteiger partial charge in [0.1, 0.15) is 38.0 Å². The van der Waals surface area contributed by atoms with E-state index in [1.807, 2.05) is 24.3 Å². The van der Waals surface area contributed by atoms with Gasteiger partial charge in [-0.25, -0.2) is 8.42 Å². The first kappa shape index (κ1) is 56.3. The van der Waals surface area contributed by atoms with Crippen LogP contribution < -0.4 is 14.6 Å². The van der Waals surface area contributed by atoms with Crippen molar-refractivity contribution in [1.82, 2.24) is 0 Å². The van der Waals surface area contributed by atoms with Gasteiger partial charge in [-0.3, -0.25) is 4.55 Å². The summed E-state index contributed by atoms with van der Waals surface area (Å²) >= 11 is 0. The average Bonchev–Trinajstić information content (AvgIpc) is 3.22. The summed E-state index contributed by atoms with van der Waals surface area (Å²) in [5, 5.41) is 21.1. The van der Waals surface area contributed by atoms with E-state index in [1.165, 1.54) is 152 Å². The number of unbranched alkanes of at least 4 members (excludes halogenated alkanes) is 20. The molecule has 0 aliphatic rings. The molecule has 2 N–H and O–H groups in total. The van der Waals surface area contributed by atoms with Crippen molar-refractivity contribution in [3.63, 3.8) is 0 Å². The minimum absolute atomic E-state index is 0. The van der Waals surface area contributed by atoms with Gasteiger partial charge in [0.05, 0.1) is 4.90 Å². The number of benzene rings is 4. The van der Waals surface area contributed by atoms with Crippen molar-refractivity contribution < 1.29 is 45.6 Å². The van der Waals surface area contributed by atoms with Crippen LogP contribution in [0.2, 0.25) is 0 Å². The van der Waals surface area contributed by atoms with E-state index in [4.69, 9.17) is 9.47 Å². The summed E-state index contributed by atoms with van der Waals surface area (Å²) in [6.45, 7) is 4.50. The summed E-state index contributed by atoms with van der Waals surface area (Å²) in [5.41, 5.74) is 2.38. The Morgan fingerprint density at radius 3 is 1.19 bits per heavy atom. The number of aromatic hydroxyl groups is 1. The Kier molecular flexibility index (Phi) is 28.5. The molecule has 10 nitrogen and oxygen atoms in total. The zero-order chi connectivity index (χ0) is 45.1. The number of hydrogen-bond donors (Lipinski definition) is 2. The van der Waals surface area contributed by atoms with Gasteiger partial charge in [0.15, 0.2) is 5.75 Å². The Morgan fingerprint density at radius 1 is 0.476 bits per heavy atom. The third kappa shape index (κ3) is 24.3. The zero-order valence-corrected chi connectivity index (χ0v) is 41.6. The van der Waals surface area contributed by atoms with Crippen LogP contribution in [0.25, 0.3) is 0 Å². The Balaban J connectivity index is 0.000000427. The van der Waals surface area contributed by atoms with Crippen molar-refractivity contribution in [3.05, 3.63) is 96.1 Å². The van der Waals surface area contributed by atoms with Crippen molar-refractivity contribution in [2.45, 2.75) is 178 Å². The van der Waals surface area contributed by atoms with Crippen LogP contribution in [0.5, 0.6) is 34.5 Å². The molecule has 0 amide bonds. The van der Waals surface area contributed by atoms with Gasteiger partial charge in [-0.15, -0.1) is 5.75 Å². The topological polar surface area (TPSA) is 173 Å². The maximum atomic E-state index is 11.5. The number of phenolic OH excluding ortho intramolecular Hbond substituents is 1. The minimum atomic E-state index is -4.72.